The summed E-state index contributed by atoms with van der Waals surface area (Å²) in [4.78, 5) is 51.0. The van der Waals surface area contributed by atoms with E-state index in [0.717, 1.165) is 42.6 Å². The van der Waals surface area contributed by atoms with Gasteiger partial charge in [-0.2, -0.15) is 4.58 Å². The van der Waals surface area contributed by atoms with Crippen LogP contribution in [0.1, 0.15) is 117 Å². The van der Waals surface area contributed by atoms with Gasteiger partial charge in [0.25, 0.3) is 0 Å². The number of hydrogen-bond donors (Lipinski definition) is 1. The summed E-state index contributed by atoms with van der Waals surface area (Å²) >= 11 is 3.38. The lowest BCUT2D eigenvalue weighted by Gasteiger charge is -2.30. The van der Waals surface area contributed by atoms with Crippen LogP contribution in [0.25, 0.3) is 21.5 Å². The Morgan fingerprint density at radius 2 is 1.32 bits per heavy atom. The van der Waals surface area contributed by atoms with Crippen LogP contribution in [0, 0.1) is 5.41 Å². The van der Waals surface area contributed by atoms with Crippen LogP contribution in [-0.4, -0.2) is 141 Å². The number of likely N-dealkylation sites (N-methyl/N-ethyl adjacent to an activating group) is 1. The molecule has 0 saturated carbocycles. The van der Waals surface area contributed by atoms with Gasteiger partial charge in [-0.05, 0) is 118 Å². The van der Waals surface area contributed by atoms with Crippen LogP contribution < -0.4 is 4.90 Å². The molecule has 0 aromatic heterocycles. The number of alkyl halides is 1. The lowest BCUT2D eigenvalue weighted by molar-refractivity contribution is -0.870. The maximum atomic E-state index is 13.0. The van der Waals surface area contributed by atoms with Crippen molar-refractivity contribution in [2.24, 2.45) is 5.41 Å². The molecule has 0 amide bonds. The number of benzene rings is 4. The molecule has 0 fully saturated rings. The molecule has 458 valence electrons. The highest BCUT2D eigenvalue weighted by Crippen LogP contribution is 2.51. The minimum atomic E-state index is -4.31. The van der Waals surface area contributed by atoms with Gasteiger partial charge >= 0.3 is 19.8 Å². The van der Waals surface area contributed by atoms with Gasteiger partial charge in [-0.15, -0.1) is 0 Å². The van der Waals surface area contributed by atoms with Gasteiger partial charge in [-0.1, -0.05) is 115 Å². The quantitative estimate of drug-likeness (QED) is 0.00677. The summed E-state index contributed by atoms with van der Waals surface area (Å²) in [5, 5.41) is 4.79. The largest absolute Gasteiger partial charge is 0.748 e. The van der Waals surface area contributed by atoms with Crippen molar-refractivity contribution in [2.45, 2.75) is 121 Å². The summed E-state index contributed by atoms with van der Waals surface area (Å²) in [6.45, 7) is 15.7. The van der Waals surface area contributed by atoms with Crippen molar-refractivity contribution in [3.63, 3.8) is 0 Å². The molecule has 0 aliphatic carbocycles. The van der Waals surface area contributed by atoms with Gasteiger partial charge in [0, 0.05) is 72.7 Å². The fourth-order valence-electron chi connectivity index (χ4n) is 11.2. The van der Waals surface area contributed by atoms with E-state index in [9.17, 15) is 36.8 Å². The number of hydrogen-bond acceptors (Lipinski definition) is 13. The van der Waals surface area contributed by atoms with Crippen molar-refractivity contribution >= 4 is 90.2 Å². The highest BCUT2D eigenvalue weighted by Gasteiger charge is 2.46. The molecule has 1 N–H and O–H groups in total. The van der Waals surface area contributed by atoms with Gasteiger partial charge in [0.2, 0.25) is 5.69 Å². The van der Waals surface area contributed by atoms with E-state index in [1.165, 1.54) is 38.7 Å². The molecular formula is C65H88BrN3O13PS+. The fourth-order valence-corrected chi connectivity index (χ4v) is 13.3. The predicted octanol–water partition coefficient (Wildman–Crippen LogP) is 12.5. The van der Waals surface area contributed by atoms with Gasteiger partial charge < -0.3 is 33.0 Å². The molecule has 2 atom stereocenters. The monoisotopic (exact) mass is 1260 g/mol. The molecule has 6 rings (SSSR count). The molecule has 19 heteroatoms. The van der Waals surface area contributed by atoms with Crippen molar-refractivity contribution < 1.29 is 69.1 Å². The van der Waals surface area contributed by atoms with Crippen LogP contribution in [0.15, 0.2) is 121 Å². The molecule has 0 radical (unpaired) electrons. The van der Waals surface area contributed by atoms with Crippen molar-refractivity contribution in [1.82, 2.24) is 0 Å². The van der Waals surface area contributed by atoms with Crippen LogP contribution in [0.4, 0.5) is 11.4 Å². The number of allylic oxidation sites excluding steroid dienone is 8. The van der Waals surface area contributed by atoms with Crippen molar-refractivity contribution in [3.05, 3.63) is 132 Å². The zero-order chi connectivity index (χ0) is 61.6. The minimum Gasteiger partial charge on any atom is -0.748 e. The fraction of sp³-hybridized carbons (Fsp3) is 0.508. The normalized spacial score (nSPS) is 17.2. The zero-order valence-electron chi connectivity index (χ0n) is 50.8. The number of carbonyl (C=O) groups excluding carboxylic acids is 3. The number of anilines is 1. The van der Waals surface area contributed by atoms with Crippen LogP contribution >= 0.6 is 23.8 Å². The van der Waals surface area contributed by atoms with Crippen molar-refractivity contribution in [3.8, 4) is 0 Å². The SMILES string of the molecule is CC(C)(CC(C)(Br)C(=O)OCCOP(=O)(O)OCC[N+](C)(C)C)C(=O)OCCOCCCC(=O)CCCCC[N+]1=C(C=CC=CC=CC=C2N(CCCCS(=O)(=O)[O-])c3ccc4ccccc4c3C2(C)C)C(C)(C)c2c1ccc1ccccc21. The molecule has 2 aliphatic rings. The predicted molar refractivity (Wildman–Crippen MR) is 336 cm³/mol. The second-order valence-corrected chi connectivity index (χ2v) is 29.4. The molecule has 2 aliphatic heterocycles. The lowest BCUT2D eigenvalue weighted by Crippen LogP contribution is -2.40. The van der Waals surface area contributed by atoms with E-state index < -0.39 is 39.6 Å². The number of fused-ring (bicyclic) bond motifs is 6. The number of phosphoric ester groups is 1. The first-order valence-corrected chi connectivity index (χ1v) is 33.0. The Kier molecular flexibility index (Phi) is 23.9. The second-order valence-electron chi connectivity index (χ2n) is 24.7. The third kappa shape index (κ3) is 18.9. The smallest absolute Gasteiger partial charge is 0.472 e. The Morgan fingerprint density at radius 1 is 0.714 bits per heavy atom. The molecule has 4 aromatic carbocycles. The minimum absolute atomic E-state index is 0.00671. The summed E-state index contributed by atoms with van der Waals surface area (Å²) in [5.41, 5.74) is 5.45. The van der Waals surface area contributed by atoms with Gasteiger partial charge in [0.05, 0.1) is 55.3 Å². The summed E-state index contributed by atoms with van der Waals surface area (Å²) in [6, 6.07) is 25.6. The number of ketones is 1. The number of Topliss-reactive ketones (excluding diaryl/α,β-unsaturated/α-hetero) is 1. The van der Waals surface area contributed by atoms with Gasteiger partial charge in [0.15, 0.2) is 5.71 Å². The van der Waals surface area contributed by atoms with E-state index in [1.807, 2.05) is 45.4 Å². The van der Waals surface area contributed by atoms with Gasteiger partial charge in [-0.3, -0.25) is 23.4 Å². The number of quaternary nitrogens is 1. The number of unbranched alkanes of at least 4 members (excludes halogenated alkanes) is 3. The topological polar surface area (TPSA) is 198 Å². The van der Waals surface area contributed by atoms with Gasteiger partial charge in [-0.25, -0.2) is 13.0 Å². The standard InChI is InChI=1S/C65H87BrN3O13PS/c1-62(2,48-65(7,66)61(72)80-45-46-82-83(73,74)81-42-40-69(8,9)10)60(71)79-44-43-78-41-25-29-51(70)28-15-14-22-38-67-54-36-34-49-26-18-20-30-52(49)58(54)63(3,4)56(67)32-16-12-11-13-17-33-57-64(5,6)59-53-31-21-19-27-50(53)35-37-55(59)68(57)39-23-24-47-84(75,76)77/h11-13,16-21,26-27,30-37H,14-15,22-25,28-29,38-48H2,1-10H3/p+1. The van der Waals surface area contributed by atoms with Gasteiger partial charge in [0.1, 0.15) is 43.0 Å². The molecule has 0 saturated heterocycles. The van der Waals surface area contributed by atoms with Crippen LogP contribution in [0.3, 0.4) is 0 Å². The number of ether oxygens (including phenoxy) is 3. The van der Waals surface area contributed by atoms with Crippen molar-refractivity contribution in [1.29, 1.82) is 0 Å². The van der Waals surface area contributed by atoms with E-state index in [1.54, 1.807) is 20.8 Å². The van der Waals surface area contributed by atoms with E-state index in [-0.39, 0.29) is 61.8 Å². The van der Waals surface area contributed by atoms with E-state index >= 15 is 0 Å². The Labute approximate surface area is 506 Å². The molecule has 4 aromatic rings. The summed E-state index contributed by atoms with van der Waals surface area (Å²) < 4.78 is 74.4. The van der Waals surface area contributed by atoms with Crippen LogP contribution in [0.2, 0.25) is 0 Å². The molecule has 2 unspecified atom stereocenters. The maximum absolute atomic E-state index is 13.0. The Morgan fingerprint density at radius 3 is 2.01 bits per heavy atom. The highest BCUT2D eigenvalue weighted by molar-refractivity contribution is 9.10. The molecule has 0 spiro atoms. The molecular weight excluding hydrogens is 1170 g/mol. The Bertz CT molecular complexity index is 3300. The maximum Gasteiger partial charge on any atom is 0.472 e. The number of carbonyl (C=O) groups is 3. The highest BCUT2D eigenvalue weighted by atomic mass is 79.9. The number of nitrogens with zero attached hydrogens (tertiary/aromatic N) is 3. The van der Waals surface area contributed by atoms with E-state index in [2.05, 4.69) is 144 Å². The number of rotatable bonds is 34. The van der Waals surface area contributed by atoms with Crippen LogP contribution in [0.5, 0.6) is 0 Å². The average Bonchev–Trinajstić information content (AvgIpc) is 1.66. The van der Waals surface area contributed by atoms with Crippen molar-refractivity contribution in [2.75, 3.05) is 91.1 Å². The summed E-state index contributed by atoms with van der Waals surface area (Å²) in [7, 11) is -2.84. The number of esters is 2. The molecule has 2 heterocycles. The Hall–Kier alpha value is -5.14. The molecule has 84 heavy (non-hydrogen) atoms. The van der Waals surface area contributed by atoms with E-state index in [0.29, 0.717) is 56.3 Å². The first kappa shape index (κ1) is 68.0. The first-order chi connectivity index (χ1) is 39.5. The molecule has 0 bridgehead atoms. The van der Waals surface area contributed by atoms with E-state index in [4.69, 9.17) is 23.3 Å². The summed E-state index contributed by atoms with van der Waals surface area (Å²) in [6.07, 6.45) is 19.5. The summed E-state index contributed by atoms with van der Waals surface area (Å²) in [5.74, 6) is -1.39. The zero-order valence-corrected chi connectivity index (χ0v) is 54.1. The average molecular weight is 1260 g/mol. The van der Waals surface area contributed by atoms with Crippen LogP contribution in [-0.2, 0) is 63.2 Å². The first-order valence-electron chi connectivity index (χ1n) is 29.1. The molecule has 16 nitrogen and oxygen atoms in total. The third-order valence-corrected chi connectivity index (χ3v) is 17.8. The number of halogens is 1. The number of phosphoric acid groups is 1. The second kappa shape index (κ2) is 29.5. The lowest BCUT2D eigenvalue weighted by atomic mass is 9.79. The third-order valence-electron chi connectivity index (χ3n) is 15.4. The Balaban J connectivity index is 0.952.